The van der Waals surface area contributed by atoms with Gasteiger partial charge in [-0.2, -0.15) is 4.57 Å². The third kappa shape index (κ3) is 3.92. The molecule has 0 saturated heterocycles. The minimum absolute atomic E-state index is 0.0508. The van der Waals surface area contributed by atoms with Crippen molar-refractivity contribution in [1.82, 2.24) is 0 Å². The summed E-state index contributed by atoms with van der Waals surface area (Å²) in [5.41, 5.74) is 4.39. The van der Waals surface area contributed by atoms with E-state index < -0.39 is 0 Å². The Bertz CT molecular complexity index is 1340. The maximum absolute atomic E-state index is 9.76. The van der Waals surface area contributed by atoms with Gasteiger partial charge in [0.05, 0.1) is 36.9 Å². The molecule has 1 aliphatic rings. The standard InChI is InChI=1S/C27H25N2O3S/c1-31-24-17-23-26(18-25(24)32-2)33-27(29(23)14-15-30)16-19-12-13-28(20-8-4-3-5-9-20)22-11-7-6-10-21(19)22/h3-13,16-18,30H,14-15H2,1-2H3/q+1. The van der Waals surface area contributed by atoms with Crippen LogP contribution < -0.4 is 18.9 Å². The molecule has 6 heteroatoms. The Kier molecular flexibility index (Phi) is 5.94. The van der Waals surface area contributed by atoms with Crippen molar-refractivity contribution in [2.24, 2.45) is 0 Å². The smallest absolute Gasteiger partial charge is 0.219 e. The zero-order chi connectivity index (χ0) is 22.8. The number of nitrogens with zero attached hydrogens (tertiary/aromatic N) is 2. The van der Waals surface area contributed by atoms with Crippen molar-refractivity contribution in [3.8, 4) is 17.2 Å². The number of para-hydroxylation sites is 2. The first kappa shape index (κ1) is 21.4. The van der Waals surface area contributed by atoms with E-state index in [9.17, 15) is 5.11 Å². The third-order valence-corrected chi connectivity index (χ3v) is 6.85. The molecule has 166 valence electrons. The van der Waals surface area contributed by atoms with Crippen LogP contribution in [0.4, 0.5) is 5.69 Å². The van der Waals surface area contributed by atoms with Crippen LogP contribution in [0, 0.1) is 0 Å². The van der Waals surface area contributed by atoms with Crippen LogP contribution >= 0.6 is 11.8 Å². The van der Waals surface area contributed by atoms with Crippen LogP contribution in [-0.2, 0) is 0 Å². The van der Waals surface area contributed by atoms with Crippen LogP contribution in [0.3, 0.4) is 0 Å². The largest absolute Gasteiger partial charge is 0.493 e. The van der Waals surface area contributed by atoms with Gasteiger partial charge in [-0.15, -0.1) is 0 Å². The fraction of sp³-hybridized carbons (Fsp3) is 0.148. The van der Waals surface area contributed by atoms with Crippen molar-refractivity contribution in [1.29, 1.82) is 0 Å². The number of aliphatic hydroxyl groups is 1. The van der Waals surface area contributed by atoms with Gasteiger partial charge in [0.25, 0.3) is 0 Å². The molecule has 2 heterocycles. The summed E-state index contributed by atoms with van der Waals surface area (Å²) in [6.45, 7) is 0.547. The molecular formula is C27H25N2O3S+. The molecule has 5 nitrogen and oxygen atoms in total. The van der Waals surface area contributed by atoms with Gasteiger partial charge < -0.3 is 19.5 Å². The van der Waals surface area contributed by atoms with Crippen LogP contribution in [0.15, 0.2) is 88.9 Å². The molecule has 0 spiro atoms. The molecule has 1 aromatic heterocycles. The molecule has 3 aromatic carbocycles. The lowest BCUT2D eigenvalue weighted by molar-refractivity contribution is -0.567. The van der Waals surface area contributed by atoms with Crippen molar-refractivity contribution >= 4 is 34.4 Å². The van der Waals surface area contributed by atoms with Crippen molar-refractivity contribution in [3.05, 3.63) is 89.6 Å². The van der Waals surface area contributed by atoms with E-state index in [0.29, 0.717) is 18.0 Å². The van der Waals surface area contributed by atoms with E-state index in [1.165, 1.54) is 0 Å². The molecular weight excluding hydrogens is 432 g/mol. The Labute approximate surface area is 197 Å². The first-order valence-corrected chi connectivity index (χ1v) is 11.6. The molecule has 1 N–H and O–H groups in total. The van der Waals surface area contributed by atoms with Crippen LogP contribution in [-0.4, -0.2) is 32.5 Å². The minimum atomic E-state index is 0.0508. The SMILES string of the molecule is COc1cc2c(cc1OC)N(CCO)C(=Cc1cc[n+](-c3ccccc3)c3ccccc13)S2. The molecule has 1 aliphatic heterocycles. The summed E-state index contributed by atoms with van der Waals surface area (Å²) >= 11 is 1.67. The first-order chi connectivity index (χ1) is 16.2. The second-order valence-corrected chi connectivity index (χ2v) is 8.69. The summed E-state index contributed by atoms with van der Waals surface area (Å²) in [6, 6.07) is 24.9. The van der Waals surface area contributed by atoms with Crippen molar-refractivity contribution < 1.29 is 19.1 Å². The molecule has 0 amide bonds. The number of aromatic nitrogens is 1. The summed E-state index contributed by atoms with van der Waals surface area (Å²) in [5.74, 6) is 1.37. The van der Waals surface area contributed by atoms with Crippen molar-refractivity contribution in [2.75, 3.05) is 32.3 Å². The molecule has 0 unspecified atom stereocenters. The fourth-order valence-corrected chi connectivity index (χ4v) is 5.34. The average Bonchev–Trinajstić information content (AvgIpc) is 3.19. The van der Waals surface area contributed by atoms with Crippen LogP contribution in [0.5, 0.6) is 11.5 Å². The first-order valence-electron chi connectivity index (χ1n) is 10.8. The lowest BCUT2D eigenvalue weighted by atomic mass is 10.1. The number of benzene rings is 3. The van der Waals surface area contributed by atoms with Crippen molar-refractivity contribution in [3.63, 3.8) is 0 Å². The molecule has 0 atom stereocenters. The van der Waals surface area contributed by atoms with E-state index in [1.54, 1.807) is 26.0 Å². The maximum atomic E-state index is 9.76. The Balaban J connectivity index is 1.62. The van der Waals surface area contributed by atoms with Gasteiger partial charge >= 0.3 is 0 Å². The van der Waals surface area contributed by atoms with Gasteiger partial charge in [0.1, 0.15) is 0 Å². The van der Waals surface area contributed by atoms with E-state index >= 15 is 0 Å². The average molecular weight is 458 g/mol. The number of anilines is 1. The number of rotatable bonds is 6. The maximum Gasteiger partial charge on any atom is 0.219 e. The summed E-state index contributed by atoms with van der Waals surface area (Å²) in [4.78, 5) is 3.21. The van der Waals surface area contributed by atoms with Gasteiger partial charge in [0.15, 0.2) is 17.7 Å². The van der Waals surface area contributed by atoms with Gasteiger partial charge in [-0.05, 0) is 17.7 Å². The number of fused-ring (bicyclic) bond motifs is 2. The van der Waals surface area contributed by atoms with E-state index in [-0.39, 0.29) is 6.61 Å². The summed E-state index contributed by atoms with van der Waals surface area (Å²) in [7, 11) is 3.28. The Morgan fingerprint density at radius 2 is 1.67 bits per heavy atom. The zero-order valence-electron chi connectivity index (χ0n) is 18.6. The number of thioether (sulfide) groups is 1. The summed E-state index contributed by atoms with van der Waals surface area (Å²) in [5, 5.41) is 12.0. The molecule has 0 fully saturated rings. The van der Waals surface area contributed by atoms with Gasteiger partial charge in [-0.1, -0.05) is 42.1 Å². The summed E-state index contributed by atoms with van der Waals surface area (Å²) in [6.07, 6.45) is 4.30. The zero-order valence-corrected chi connectivity index (χ0v) is 19.4. The molecule has 0 radical (unpaired) electrons. The van der Waals surface area contributed by atoms with Crippen LogP contribution in [0.1, 0.15) is 5.56 Å². The number of hydrogen-bond acceptors (Lipinski definition) is 5. The Morgan fingerprint density at radius 3 is 2.42 bits per heavy atom. The Hall–Kier alpha value is -3.48. The predicted octanol–water partition coefficient (Wildman–Crippen LogP) is 5.04. The minimum Gasteiger partial charge on any atom is -0.493 e. The number of β-amino-alcohol motifs (C(OH)–C–C–N with tert-alkyl or cyclic N) is 1. The molecule has 0 bridgehead atoms. The fourth-order valence-electron chi connectivity index (χ4n) is 4.19. The number of methoxy groups -OCH3 is 2. The summed E-state index contributed by atoms with van der Waals surface area (Å²) < 4.78 is 13.2. The normalized spacial score (nSPS) is 14.0. The second kappa shape index (κ2) is 9.17. The van der Waals surface area contributed by atoms with Crippen LogP contribution in [0.2, 0.25) is 0 Å². The van der Waals surface area contributed by atoms with Crippen molar-refractivity contribution in [2.45, 2.75) is 4.90 Å². The van der Waals surface area contributed by atoms with E-state index in [1.807, 2.05) is 18.2 Å². The van der Waals surface area contributed by atoms with Gasteiger partial charge in [0.2, 0.25) is 11.2 Å². The predicted molar refractivity (Wildman–Crippen MR) is 133 cm³/mol. The van der Waals surface area contributed by atoms with Gasteiger partial charge in [-0.3, -0.25) is 0 Å². The highest BCUT2D eigenvalue weighted by molar-refractivity contribution is 8.03. The second-order valence-electron chi connectivity index (χ2n) is 7.63. The highest BCUT2D eigenvalue weighted by Crippen LogP contribution is 2.50. The molecule has 0 aliphatic carbocycles. The highest BCUT2D eigenvalue weighted by Gasteiger charge is 2.28. The monoisotopic (exact) mass is 457 g/mol. The number of ether oxygens (including phenoxy) is 2. The Morgan fingerprint density at radius 1 is 0.939 bits per heavy atom. The third-order valence-electron chi connectivity index (χ3n) is 5.75. The number of aliphatic hydroxyl groups excluding tert-OH is 1. The molecule has 33 heavy (non-hydrogen) atoms. The molecule has 5 rings (SSSR count). The highest BCUT2D eigenvalue weighted by atomic mass is 32.2. The lowest BCUT2D eigenvalue weighted by Crippen LogP contribution is -2.31. The van der Waals surface area contributed by atoms with E-state index in [2.05, 4.69) is 76.3 Å². The molecule has 4 aromatic rings. The van der Waals surface area contributed by atoms with Gasteiger partial charge in [0, 0.05) is 47.8 Å². The topological polar surface area (TPSA) is 45.8 Å². The van der Waals surface area contributed by atoms with Gasteiger partial charge in [-0.25, -0.2) is 0 Å². The molecule has 0 saturated carbocycles. The lowest BCUT2D eigenvalue weighted by Gasteiger charge is -2.20. The van der Waals surface area contributed by atoms with E-state index in [0.717, 1.165) is 37.8 Å². The van der Waals surface area contributed by atoms with E-state index in [4.69, 9.17) is 9.47 Å². The number of pyridine rings is 1. The number of hydrogen-bond donors (Lipinski definition) is 1. The van der Waals surface area contributed by atoms with Crippen LogP contribution in [0.25, 0.3) is 22.7 Å². The quantitative estimate of drug-likeness (QED) is 0.411.